The van der Waals surface area contributed by atoms with E-state index in [1.165, 1.54) is 16.7 Å². The molecule has 0 saturated carbocycles. The molecule has 3 rings (SSSR count). The molecule has 0 aromatic heterocycles. The smallest absolute Gasteiger partial charge is 0.122 e. The van der Waals surface area contributed by atoms with E-state index < -0.39 is 0 Å². The van der Waals surface area contributed by atoms with Gasteiger partial charge in [0.25, 0.3) is 0 Å². The highest BCUT2D eigenvalue weighted by atomic mass is 16.5. The minimum absolute atomic E-state index is 0.835. The fraction of sp³-hybridized carbons (Fsp3) is 0.381. The molecule has 0 fully saturated rings. The first-order chi connectivity index (χ1) is 11.1. The molecule has 0 bridgehead atoms. The second-order valence-corrected chi connectivity index (χ2v) is 6.46. The van der Waals surface area contributed by atoms with Crippen LogP contribution in [0.4, 0.5) is 0 Å². The van der Waals surface area contributed by atoms with Crippen LogP contribution < -0.4 is 4.74 Å². The van der Waals surface area contributed by atoms with Crippen LogP contribution in [-0.2, 0) is 6.42 Å². The number of allylic oxidation sites excluding steroid dienone is 3. The largest absolute Gasteiger partial charge is 0.493 e. The molecule has 2 heteroatoms. The van der Waals surface area contributed by atoms with E-state index >= 15 is 0 Å². The van der Waals surface area contributed by atoms with Crippen molar-refractivity contribution in [2.45, 2.75) is 45.4 Å². The molecule has 1 aromatic rings. The highest BCUT2D eigenvalue weighted by molar-refractivity contribution is 5.66. The molecule has 120 valence electrons. The Hall–Kier alpha value is -2.09. The maximum atomic E-state index is 5.68. The zero-order valence-electron chi connectivity index (χ0n) is 14.0. The second-order valence-electron chi connectivity index (χ2n) is 6.46. The van der Waals surface area contributed by atoms with Gasteiger partial charge < -0.3 is 4.74 Å². The summed E-state index contributed by atoms with van der Waals surface area (Å²) in [7, 11) is 0. The number of ether oxygens (including phenoxy) is 1. The molecule has 1 aromatic carbocycles. The topological polar surface area (TPSA) is 21.6 Å². The number of hydrogen-bond acceptors (Lipinski definition) is 2. The minimum atomic E-state index is 0.835. The van der Waals surface area contributed by atoms with Crippen molar-refractivity contribution in [2.75, 3.05) is 6.61 Å². The van der Waals surface area contributed by atoms with Crippen LogP contribution in [0.3, 0.4) is 0 Å². The third-order valence-corrected chi connectivity index (χ3v) is 4.65. The van der Waals surface area contributed by atoms with Gasteiger partial charge in [0.1, 0.15) is 5.75 Å². The maximum Gasteiger partial charge on any atom is 0.122 e. The lowest BCUT2D eigenvalue weighted by atomic mass is 9.94. The Balaban J connectivity index is 1.63. The van der Waals surface area contributed by atoms with E-state index in [9.17, 15) is 0 Å². The number of nitrogens with zero attached hydrogens (tertiary/aromatic N) is 1. The molecule has 2 nitrogen and oxygen atoms in total. The first-order valence-corrected chi connectivity index (χ1v) is 8.49. The molecule has 0 radical (unpaired) electrons. The third-order valence-electron chi connectivity index (χ3n) is 4.65. The molecule has 0 atom stereocenters. The number of fused-ring (bicyclic) bond motifs is 1. The summed E-state index contributed by atoms with van der Waals surface area (Å²) >= 11 is 0. The standard InChI is InChI=1S/C21H25NO/c1-15(8-9-17(3)21-16(2)6-4-12-22-21)18-10-11-20-19(14-18)7-5-13-23-20/h10-12,14H,1,3-9,13H2,2H3. The summed E-state index contributed by atoms with van der Waals surface area (Å²) in [6.07, 6.45) is 8.19. The van der Waals surface area contributed by atoms with Crippen molar-refractivity contribution in [3.05, 3.63) is 59.3 Å². The Morgan fingerprint density at radius 3 is 2.83 bits per heavy atom. The van der Waals surface area contributed by atoms with Crippen LogP contribution in [0.1, 0.15) is 50.2 Å². The Bertz CT molecular complexity index is 694. The second kappa shape index (κ2) is 6.99. The number of aliphatic imine (C=N–C) groups is 1. The Morgan fingerprint density at radius 2 is 2.00 bits per heavy atom. The van der Waals surface area contributed by atoms with E-state index in [1.807, 2.05) is 6.21 Å². The van der Waals surface area contributed by atoms with Crippen molar-refractivity contribution >= 4 is 11.8 Å². The van der Waals surface area contributed by atoms with Gasteiger partial charge in [-0.05, 0) is 85.4 Å². The van der Waals surface area contributed by atoms with Crippen LogP contribution in [0.25, 0.3) is 5.57 Å². The lowest BCUT2D eigenvalue weighted by Gasteiger charge is -2.19. The van der Waals surface area contributed by atoms with Crippen LogP contribution in [0.15, 0.2) is 53.2 Å². The molecule has 0 amide bonds. The van der Waals surface area contributed by atoms with Gasteiger partial charge in [0.15, 0.2) is 0 Å². The SMILES string of the molecule is C=C(CCC(=C)c1ccc2c(c1)CCCO2)C1=C(C)CCC=N1. The monoisotopic (exact) mass is 307 g/mol. The van der Waals surface area contributed by atoms with E-state index in [0.717, 1.165) is 67.7 Å². The maximum absolute atomic E-state index is 5.68. The lowest BCUT2D eigenvalue weighted by molar-refractivity contribution is 0.288. The van der Waals surface area contributed by atoms with E-state index in [-0.39, 0.29) is 0 Å². The quantitative estimate of drug-likeness (QED) is 0.704. The fourth-order valence-electron chi connectivity index (χ4n) is 3.20. The van der Waals surface area contributed by atoms with Gasteiger partial charge in [0.2, 0.25) is 0 Å². The van der Waals surface area contributed by atoms with Crippen LogP contribution >= 0.6 is 0 Å². The van der Waals surface area contributed by atoms with Crippen molar-refractivity contribution in [2.24, 2.45) is 4.99 Å². The summed E-state index contributed by atoms with van der Waals surface area (Å²) in [6.45, 7) is 11.5. The minimum Gasteiger partial charge on any atom is -0.493 e. The van der Waals surface area contributed by atoms with Crippen LogP contribution in [0.5, 0.6) is 5.75 Å². The average molecular weight is 307 g/mol. The van der Waals surface area contributed by atoms with Gasteiger partial charge in [0.05, 0.1) is 12.3 Å². The molecule has 2 aliphatic heterocycles. The Kier molecular flexibility index (Phi) is 4.80. The van der Waals surface area contributed by atoms with Crippen LogP contribution in [0, 0.1) is 0 Å². The molecule has 0 aliphatic carbocycles. The van der Waals surface area contributed by atoms with E-state index in [4.69, 9.17) is 4.74 Å². The van der Waals surface area contributed by atoms with Gasteiger partial charge >= 0.3 is 0 Å². The van der Waals surface area contributed by atoms with E-state index in [1.54, 1.807) is 0 Å². The number of aryl methyl sites for hydroxylation is 1. The third kappa shape index (κ3) is 3.64. The summed E-state index contributed by atoms with van der Waals surface area (Å²) in [5.41, 5.74) is 7.28. The van der Waals surface area contributed by atoms with Gasteiger partial charge in [-0.2, -0.15) is 0 Å². The molecule has 0 N–H and O–H groups in total. The molecular weight excluding hydrogens is 282 g/mol. The summed E-state index contributed by atoms with van der Waals surface area (Å²) in [6, 6.07) is 6.45. The normalized spacial score (nSPS) is 16.7. The summed E-state index contributed by atoms with van der Waals surface area (Å²) in [4.78, 5) is 4.53. The van der Waals surface area contributed by atoms with E-state index in [2.05, 4.69) is 43.3 Å². The van der Waals surface area contributed by atoms with Crippen molar-refractivity contribution in [1.82, 2.24) is 0 Å². The van der Waals surface area contributed by atoms with Gasteiger partial charge in [-0.25, -0.2) is 0 Å². The van der Waals surface area contributed by atoms with Gasteiger partial charge in [-0.15, -0.1) is 0 Å². The van der Waals surface area contributed by atoms with Crippen molar-refractivity contribution in [3.8, 4) is 5.75 Å². The van der Waals surface area contributed by atoms with Crippen molar-refractivity contribution < 1.29 is 4.74 Å². The summed E-state index contributed by atoms with van der Waals surface area (Å²) in [5, 5.41) is 0. The van der Waals surface area contributed by atoms with Crippen LogP contribution in [-0.4, -0.2) is 12.8 Å². The highest BCUT2D eigenvalue weighted by Crippen LogP contribution is 2.31. The predicted molar refractivity (Wildman–Crippen MR) is 98.1 cm³/mol. The first kappa shape index (κ1) is 15.8. The zero-order chi connectivity index (χ0) is 16.2. The van der Waals surface area contributed by atoms with Crippen molar-refractivity contribution in [1.29, 1.82) is 0 Å². The number of hydrogen-bond donors (Lipinski definition) is 0. The zero-order valence-corrected chi connectivity index (χ0v) is 14.0. The van der Waals surface area contributed by atoms with Gasteiger partial charge in [-0.3, -0.25) is 4.99 Å². The Labute approximate surface area is 139 Å². The molecule has 0 saturated heterocycles. The first-order valence-electron chi connectivity index (χ1n) is 8.49. The Morgan fingerprint density at radius 1 is 1.17 bits per heavy atom. The highest BCUT2D eigenvalue weighted by Gasteiger charge is 2.13. The van der Waals surface area contributed by atoms with Crippen LogP contribution in [0.2, 0.25) is 0 Å². The molecule has 2 heterocycles. The fourth-order valence-corrected chi connectivity index (χ4v) is 3.20. The van der Waals surface area contributed by atoms with Crippen molar-refractivity contribution in [3.63, 3.8) is 0 Å². The summed E-state index contributed by atoms with van der Waals surface area (Å²) in [5.74, 6) is 1.04. The van der Waals surface area contributed by atoms with Gasteiger partial charge in [-0.1, -0.05) is 19.2 Å². The predicted octanol–water partition coefficient (Wildman–Crippen LogP) is 5.50. The molecule has 0 unspecified atom stereocenters. The lowest BCUT2D eigenvalue weighted by Crippen LogP contribution is -2.08. The summed E-state index contributed by atoms with van der Waals surface area (Å²) < 4.78 is 5.68. The number of benzene rings is 1. The van der Waals surface area contributed by atoms with E-state index in [0.29, 0.717) is 0 Å². The molecule has 0 spiro atoms. The van der Waals surface area contributed by atoms with Gasteiger partial charge in [0, 0.05) is 6.21 Å². The average Bonchev–Trinajstić information content (AvgIpc) is 2.59. The number of rotatable bonds is 5. The molecular formula is C21H25NO. The molecule has 23 heavy (non-hydrogen) atoms. The molecule has 2 aliphatic rings.